The molecule has 1 heterocycles. The fraction of sp³-hybridized carbons (Fsp3) is 0.136. The lowest BCUT2D eigenvalue weighted by molar-refractivity contribution is -0.147. The van der Waals surface area contributed by atoms with Gasteiger partial charge in [0.05, 0.1) is 19.0 Å². The monoisotopic (exact) mass is 417 g/mol. The number of hydrazone groups is 1. The van der Waals surface area contributed by atoms with Gasteiger partial charge in [0.2, 0.25) is 5.95 Å². The molecule has 0 saturated carbocycles. The number of carbonyl (C=O) groups excluding carboxylic acids is 1. The molecule has 0 fully saturated rings. The Labute approximate surface area is 178 Å². The van der Waals surface area contributed by atoms with Crippen LogP contribution in [-0.2, 0) is 9.53 Å². The van der Waals surface area contributed by atoms with Crippen LogP contribution < -0.4 is 15.7 Å². The van der Waals surface area contributed by atoms with E-state index in [2.05, 4.69) is 25.2 Å². The smallest absolute Gasteiger partial charge is 0.346 e. The van der Waals surface area contributed by atoms with Crippen molar-refractivity contribution in [2.24, 2.45) is 5.10 Å². The summed E-state index contributed by atoms with van der Waals surface area (Å²) in [6.45, 7) is 1.60. The number of benzene rings is 2. The number of nitrogens with zero attached hydrogens (tertiary/aromatic N) is 3. The molecule has 2 aromatic carbocycles. The van der Waals surface area contributed by atoms with E-state index in [1.54, 1.807) is 55.5 Å². The van der Waals surface area contributed by atoms with Crippen molar-refractivity contribution < 1.29 is 14.3 Å². The van der Waals surface area contributed by atoms with Crippen LogP contribution in [0.1, 0.15) is 18.1 Å². The van der Waals surface area contributed by atoms with Crippen LogP contribution >= 0.6 is 0 Å². The van der Waals surface area contributed by atoms with Crippen LogP contribution in [0.3, 0.4) is 0 Å². The molecule has 3 aromatic rings. The van der Waals surface area contributed by atoms with Gasteiger partial charge in [-0.25, -0.2) is 15.2 Å². The van der Waals surface area contributed by atoms with E-state index < -0.39 is 17.6 Å². The molecule has 31 heavy (non-hydrogen) atoms. The Balaban J connectivity index is 1.73. The number of aromatic amines is 1. The van der Waals surface area contributed by atoms with Crippen molar-refractivity contribution >= 4 is 18.1 Å². The number of aromatic nitrogens is 2. The SMILES string of the molecule is COC(=O)C(C)Oc1ccc(C=NNc2nc(-c3ccccc3)c(C#N)c(=O)[nH]2)cc1. The van der Waals surface area contributed by atoms with E-state index in [0.717, 1.165) is 5.56 Å². The molecule has 1 aromatic heterocycles. The molecule has 9 nitrogen and oxygen atoms in total. The van der Waals surface area contributed by atoms with Crippen LogP contribution in [0.25, 0.3) is 11.3 Å². The lowest BCUT2D eigenvalue weighted by Crippen LogP contribution is -2.24. The molecule has 0 aliphatic heterocycles. The number of hydrogen-bond acceptors (Lipinski definition) is 8. The second-order valence-corrected chi connectivity index (χ2v) is 6.34. The summed E-state index contributed by atoms with van der Waals surface area (Å²) in [5, 5.41) is 13.4. The Kier molecular flexibility index (Phi) is 6.75. The zero-order chi connectivity index (χ0) is 22.2. The molecule has 1 atom stereocenters. The molecular formula is C22H19N5O4. The number of carbonyl (C=O) groups is 1. The predicted octanol–water partition coefficient (Wildman–Crippen LogP) is 2.69. The van der Waals surface area contributed by atoms with Crippen LogP contribution in [0.15, 0.2) is 64.5 Å². The van der Waals surface area contributed by atoms with Gasteiger partial charge in [0.1, 0.15) is 17.4 Å². The Bertz CT molecular complexity index is 1180. The summed E-state index contributed by atoms with van der Waals surface area (Å²) in [6.07, 6.45) is 0.803. The number of rotatable bonds is 7. The van der Waals surface area contributed by atoms with Crippen molar-refractivity contribution in [2.75, 3.05) is 12.5 Å². The quantitative estimate of drug-likeness (QED) is 0.343. The van der Waals surface area contributed by atoms with E-state index in [1.807, 2.05) is 12.1 Å². The molecule has 3 rings (SSSR count). The fourth-order valence-corrected chi connectivity index (χ4v) is 2.65. The van der Waals surface area contributed by atoms with Gasteiger partial charge in [-0.05, 0) is 36.8 Å². The summed E-state index contributed by atoms with van der Waals surface area (Å²) in [4.78, 5) is 30.5. The largest absolute Gasteiger partial charge is 0.479 e. The van der Waals surface area contributed by atoms with Gasteiger partial charge in [0, 0.05) is 5.56 Å². The van der Waals surface area contributed by atoms with Crippen molar-refractivity contribution in [1.29, 1.82) is 5.26 Å². The summed E-state index contributed by atoms with van der Waals surface area (Å²) in [7, 11) is 1.30. The highest BCUT2D eigenvalue weighted by Gasteiger charge is 2.14. The van der Waals surface area contributed by atoms with Crippen LogP contribution in [0.2, 0.25) is 0 Å². The molecule has 156 valence electrons. The molecule has 0 amide bonds. The van der Waals surface area contributed by atoms with Gasteiger partial charge in [-0.3, -0.25) is 9.78 Å². The average molecular weight is 417 g/mol. The Morgan fingerprint density at radius 2 is 1.94 bits per heavy atom. The number of nitriles is 1. The molecule has 0 spiro atoms. The number of anilines is 1. The third-order valence-corrected chi connectivity index (χ3v) is 4.19. The third-order valence-electron chi connectivity index (χ3n) is 4.19. The zero-order valence-electron chi connectivity index (χ0n) is 16.8. The van der Waals surface area contributed by atoms with Gasteiger partial charge in [0.15, 0.2) is 6.10 Å². The highest BCUT2D eigenvalue weighted by atomic mass is 16.6. The highest BCUT2D eigenvalue weighted by Crippen LogP contribution is 2.19. The van der Waals surface area contributed by atoms with Crippen LogP contribution in [0.5, 0.6) is 5.75 Å². The summed E-state index contributed by atoms with van der Waals surface area (Å²) >= 11 is 0. The molecule has 0 bridgehead atoms. The normalized spacial score (nSPS) is 11.5. The Morgan fingerprint density at radius 3 is 2.58 bits per heavy atom. The first kappa shape index (κ1) is 21.3. The van der Waals surface area contributed by atoms with Gasteiger partial charge >= 0.3 is 5.97 Å². The molecule has 0 aliphatic carbocycles. The molecule has 9 heteroatoms. The van der Waals surface area contributed by atoms with Crippen LogP contribution in [0.4, 0.5) is 5.95 Å². The van der Waals surface area contributed by atoms with E-state index in [0.29, 0.717) is 11.3 Å². The van der Waals surface area contributed by atoms with Crippen molar-refractivity contribution in [2.45, 2.75) is 13.0 Å². The maximum atomic E-state index is 12.2. The number of methoxy groups -OCH3 is 1. The highest BCUT2D eigenvalue weighted by molar-refractivity contribution is 5.80. The van der Waals surface area contributed by atoms with Crippen LogP contribution in [0, 0.1) is 11.3 Å². The first-order chi connectivity index (χ1) is 15.0. The fourth-order valence-electron chi connectivity index (χ4n) is 2.65. The summed E-state index contributed by atoms with van der Waals surface area (Å²) in [5.74, 6) is 0.146. The lowest BCUT2D eigenvalue weighted by Gasteiger charge is -2.12. The van der Waals surface area contributed by atoms with Gasteiger partial charge in [-0.15, -0.1) is 0 Å². The van der Waals surface area contributed by atoms with E-state index >= 15 is 0 Å². The average Bonchev–Trinajstić information content (AvgIpc) is 2.79. The molecule has 0 radical (unpaired) electrons. The first-order valence-corrected chi connectivity index (χ1v) is 9.25. The predicted molar refractivity (Wildman–Crippen MR) is 115 cm³/mol. The number of H-pyrrole nitrogens is 1. The number of nitrogens with one attached hydrogen (secondary N) is 2. The number of ether oxygens (including phenoxy) is 2. The van der Waals surface area contributed by atoms with Crippen molar-refractivity contribution in [3.05, 3.63) is 76.1 Å². The van der Waals surface area contributed by atoms with Crippen molar-refractivity contribution in [1.82, 2.24) is 9.97 Å². The zero-order valence-corrected chi connectivity index (χ0v) is 16.8. The molecule has 1 unspecified atom stereocenters. The minimum absolute atomic E-state index is 0.0718. The van der Waals surface area contributed by atoms with E-state index in [9.17, 15) is 14.9 Å². The second-order valence-electron chi connectivity index (χ2n) is 6.34. The van der Waals surface area contributed by atoms with E-state index in [4.69, 9.17) is 4.74 Å². The number of esters is 1. The van der Waals surface area contributed by atoms with Crippen LogP contribution in [-0.4, -0.2) is 35.4 Å². The summed E-state index contributed by atoms with van der Waals surface area (Å²) in [6, 6.07) is 17.7. The Morgan fingerprint density at radius 1 is 1.23 bits per heavy atom. The second kappa shape index (κ2) is 9.84. The van der Waals surface area contributed by atoms with Gasteiger partial charge < -0.3 is 9.47 Å². The lowest BCUT2D eigenvalue weighted by atomic mass is 10.1. The molecular weight excluding hydrogens is 398 g/mol. The van der Waals surface area contributed by atoms with Gasteiger partial charge in [-0.2, -0.15) is 10.4 Å². The Hall–Kier alpha value is -4.45. The maximum absolute atomic E-state index is 12.2. The number of hydrogen-bond donors (Lipinski definition) is 2. The molecule has 0 aliphatic rings. The molecule has 0 saturated heterocycles. The summed E-state index contributed by atoms with van der Waals surface area (Å²) in [5.41, 5.74) is 3.69. The maximum Gasteiger partial charge on any atom is 0.346 e. The van der Waals surface area contributed by atoms with Crippen molar-refractivity contribution in [3.8, 4) is 23.1 Å². The van der Waals surface area contributed by atoms with Crippen molar-refractivity contribution in [3.63, 3.8) is 0 Å². The van der Waals surface area contributed by atoms with Gasteiger partial charge in [-0.1, -0.05) is 30.3 Å². The first-order valence-electron chi connectivity index (χ1n) is 9.25. The minimum atomic E-state index is -0.718. The minimum Gasteiger partial charge on any atom is -0.479 e. The summed E-state index contributed by atoms with van der Waals surface area (Å²) < 4.78 is 10.1. The van der Waals surface area contributed by atoms with Gasteiger partial charge in [0.25, 0.3) is 5.56 Å². The topological polar surface area (TPSA) is 129 Å². The molecule has 2 N–H and O–H groups in total. The van der Waals surface area contributed by atoms with E-state index in [1.165, 1.54) is 13.3 Å². The van der Waals surface area contributed by atoms with E-state index in [-0.39, 0.29) is 17.2 Å². The standard InChI is InChI=1S/C22H19N5O4/c1-14(21(29)30-2)31-17-10-8-15(9-11-17)13-24-27-22-25-19(16-6-4-3-5-7-16)18(12-23)20(28)26-22/h3-11,13-14H,1-2H3,(H2,25,26,27,28). The third kappa shape index (κ3) is 5.33.